The van der Waals surface area contributed by atoms with E-state index in [2.05, 4.69) is 24.2 Å². The van der Waals surface area contributed by atoms with Crippen molar-refractivity contribution in [2.24, 2.45) is 4.99 Å². The summed E-state index contributed by atoms with van der Waals surface area (Å²) in [5.41, 5.74) is 4.06. The van der Waals surface area contributed by atoms with Crippen LogP contribution in [0.1, 0.15) is 27.7 Å². The predicted molar refractivity (Wildman–Crippen MR) is 74.8 cm³/mol. The van der Waals surface area contributed by atoms with E-state index in [1.165, 1.54) is 0 Å². The molecule has 0 fully saturated rings. The van der Waals surface area contributed by atoms with E-state index < -0.39 is 0 Å². The molecule has 0 spiro atoms. The van der Waals surface area contributed by atoms with Gasteiger partial charge in [-0.2, -0.15) is 0 Å². The smallest absolute Gasteiger partial charge is 0.0345 e. The van der Waals surface area contributed by atoms with E-state index in [9.17, 15) is 0 Å². The molecule has 0 bridgehead atoms. The predicted octanol–water partition coefficient (Wildman–Crippen LogP) is 4.62. The second-order valence-corrected chi connectivity index (χ2v) is 3.66. The molecule has 0 atom stereocenters. The third kappa shape index (κ3) is 5.97. The zero-order chi connectivity index (χ0) is 12.6. The minimum atomic E-state index is 0.804. The van der Waals surface area contributed by atoms with Gasteiger partial charge in [-0.15, -0.1) is 0 Å². The Labute approximate surface area is 99.3 Å². The molecule has 86 valence electrons. The lowest BCUT2D eigenvalue weighted by Crippen LogP contribution is -1.88. The van der Waals surface area contributed by atoms with Crippen molar-refractivity contribution in [3.63, 3.8) is 0 Å². The molecule has 0 aromatic heterocycles. The second-order valence-electron chi connectivity index (χ2n) is 3.66. The summed E-state index contributed by atoms with van der Waals surface area (Å²) >= 11 is 0. The maximum Gasteiger partial charge on any atom is 0.0345 e. The largest absolute Gasteiger partial charge is 0.262 e. The van der Waals surface area contributed by atoms with Crippen LogP contribution < -0.4 is 0 Å². The third-order valence-electron chi connectivity index (χ3n) is 1.93. The minimum absolute atomic E-state index is 0.804. The zero-order valence-electron chi connectivity index (χ0n) is 10.7. The molecule has 16 heavy (non-hydrogen) atoms. The van der Waals surface area contributed by atoms with Gasteiger partial charge in [-0.05, 0) is 38.8 Å². The number of hydrogen-bond acceptors (Lipinski definition) is 1. The van der Waals surface area contributed by atoms with Gasteiger partial charge in [-0.1, -0.05) is 43.0 Å². The monoisotopic (exact) mass is 215 g/mol. The van der Waals surface area contributed by atoms with Crippen molar-refractivity contribution < 1.29 is 0 Å². The van der Waals surface area contributed by atoms with Crippen molar-refractivity contribution in [3.8, 4) is 0 Å². The van der Waals surface area contributed by atoms with Gasteiger partial charge in [0, 0.05) is 11.9 Å². The lowest BCUT2D eigenvalue weighted by atomic mass is 10.1. The summed E-state index contributed by atoms with van der Waals surface area (Å²) in [6.07, 6.45) is 9.96. The van der Waals surface area contributed by atoms with Crippen molar-refractivity contribution in [1.82, 2.24) is 0 Å². The van der Waals surface area contributed by atoms with Crippen molar-refractivity contribution in [3.05, 3.63) is 59.9 Å². The van der Waals surface area contributed by atoms with Crippen molar-refractivity contribution >= 4 is 6.21 Å². The van der Waals surface area contributed by atoms with Crippen LogP contribution in [0.4, 0.5) is 0 Å². The normalized spacial score (nSPS) is 13.8. The van der Waals surface area contributed by atoms with Gasteiger partial charge in [0.15, 0.2) is 0 Å². The summed E-state index contributed by atoms with van der Waals surface area (Å²) < 4.78 is 0. The van der Waals surface area contributed by atoms with Crippen molar-refractivity contribution in [1.29, 1.82) is 0 Å². The maximum atomic E-state index is 4.21. The molecule has 0 saturated carbocycles. The second kappa shape index (κ2) is 7.63. The highest BCUT2D eigenvalue weighted by Crippen LogP contribution is 2.11. The minimum Gasteiger partial charge on any atom is -0.262 e. The standard InChI is InChI=1S/C15H21N/c1-7-14(10-9-12(3)4)15(8-2)11-16-13(5)6/h7-11H,3,5H2,1-2,4,6H3/b10-9-,14-7+,15-8-,16-11-. The summed E-state index contributed by atoms with van der Waals surface area (Å²) in [5, 5.41) is 0. The van der Waals surface area contributed by atoms with Gasteiger partial charge in [0.2, 0.25) is 0 Å². The topological polar surface area (TPSA) is 12.4 Å². The molecule has 0 aromatic rings. The molecule has 0 N–H and O–H groups in total. The average Bonchev–Trinajstić information content (AvgIpc) is 2.22. The van der Waals surface area contributed by atoms with Crippen LogP contribution in [0.15, 0.2) is 64.9 Å². The van der Waals surface area contributed by atoms with E-state index in [-0.39, 0.29) is 0 Å². The van der Waals surface area contributed by atoms with E-state index in [0.717, 1.165) is 22.4 Å². The number of nitrogens with zero attached hydrogens (tertiary/aromatic N) is 1. The Balaban J connectivity index is 4.95. The van der Waals surface area contributed by atoms with Gasteiger partial charge in [0.1, 0.15) is 0 Å². The molecule has 0 radical (unpaired) electrons. The highest BCUT2D eigenvalue weighted by atomic mass is 14.7. The number of rotatable bonds is 5. The number of aliphatic imine (C=N–C) groups is 1. The molecule has 0 heterocycles. The first kappa shape index (κ1) is 14.4. The van der Waals surface area contributed by atoms with Crippen LogP contribution in [0.3, 0.4) is 0 Å². The molecule has 0 rings (SSSR count). The summed E-state index contributed by atoms with van der Waals surface area (Å²) in [6.45, 7) is 15.4. The first-order chi connectivity index (χ1) is 7.51. The molecule has 1 nitrogen and oxygen atoms in total. The first-order valence-electron chi connectivity index (χ1n) is 5.37. The Bertz CT molecular complexity index is 338. The molecule has 0 unspecified atom stereocenters. The Hall–Kier alpha value is -1.63. The molecule has 0 aliphatic carbocycles. The summed E-state index contributed by atoms with van der Waals surface area (Å²) in [4.78, 5) is 4.21. The Morgan fingerprint density at radius 1 is 0.938 bits per heavy atom. The lowest BCUT2D eigenvalue weighted by molar-refractivity contribution is 1.33. The Morgan fingerprint density at radius 3 is 1.88 bits per heavy atom. The Morgan fingerprint density at radius 2 is 1.50 bits per heavy atom. The van der Waals surface area contributed by atoms with Crippen LogP contribution in [0.25, 0.3) is 0 Å². The molecule has 0 aromatic carbocycles. The van der Waals surface area contributed by atoms with Crippen molar-refractivity contribution in [2.75, 3.05) is 0 Å². The van der Waals surface area contributed by atoms with Crippen LogP contribution in [0.5, 0.6) is 0 Å². The first-order valence-corrected chi connectivity index (χ1v) is 5.37. The number of hydrogen-bond donors (Lipinski definition) is 0. The molecular formula is C15H21N. The fourth-order valence-corrected chi connectivity index (χ4v) is 1.09. The van der Waals surface area contributed by atoms with Crippen LogP contribution in [0.2, 0.25) is 0 Å². The van der Waals surface area contributed by atoms with Crippen LogP contribution in [-0.4, -0.2) is 6.21 Å². The van der Waals surface area contributed by atoms with E-state index in [0.29, 0.717) is 0 Å². The summed E-state index contributed by atoms with van der Waals surface area (Å²) in [7, 11) is 0. The van der Waals surface area contributed by atoms with Gasteiger partial charge in [0.05, 0.1) is 0 Å². The van der Waals surface area contributed by atoms with Crippen molar-refractivity contribution in [2.45, 2.75) is 27.7 Å². The van der Waals surface area contributed by atoms with Gasteiger partial charge in [-0.25, -0.2) is 0 Å². The zero-order valence-corrected chi connectivity index (χ0v) is 10.7. The van der Waals surface area contributed by atoms with E-state index in [4.69, 9.17) is 0 Å². The molecule has 0 amide bonds. The SMILES string of the molecule is C=C(C)\C=C/C(=C\C)C(/C=N\C(=C)C)=C\C. The van der Waals surface area contributed by atoms with E-state index >= 15 is 0 Å². The van der Waals surface area contributed by atoms with Gasteiger partial charge >= 0.3 is 0 Å². The lowest BCUT2D eigenvalue weighted by Gasteiger charge is -2.02. The summed E-state index contributed by atoms with van der Waals surface area (Å²) in [5.74, 6) is 0. The fraction of sp³-hybridized carbons (Fsp3) is 0.267. The highest BCUT2D eigenvalue weighted by Gasteiger charge is 1.96. The average molecular weight is 215 g/mol. The quantitative estimate of drug-likeness (QED) is 0.469. The molecular weight excluding hydrogens is 194 g/mol. The molecule has 0 saturated heterocycles. The van der Waals surface area contributed by atoms with Gasteiger partial charge < -0.3 is 0 Å². The Kier molecular flexibility index (Phi) is 6.86. The van der Waals surface area contributed by atoms with Crippen LogP contribution >= 0.6 is 0 Å². The number of allylic oxidation sites excluding steroid dienone is 8. The van der Waals surface area contributed by atoms with E-state index in [1.807, 2.05) is 52.1 Å². The van der Waals surface area contributed by atoms with Gasteiger partial charge in [0.25, 0.3) is 0 Å². The molecule has 1 heteroatoms. The maximum absolute atomic E-state index is 4.21. The third-order valence-corrected chi connectivity index (χ3v) is 1.93. The molecule has 0 aliphatic rings. The molecule has 0 aliphatic heterocycles. The summed E-state index contributed by atoms with van der Waals surface area (Å²) in [6, 6.07) is 0. The fourth-order valence-electron chi connectivity index (χ4n) is 1.09. The van der Waals surface area contributed by atoms with Crippen LogP contribution in [-0.2, 0) is 0 Å². The van der Waals surface area contributed by atoms with Crippen LogP contribution in [0, 0.1) is 0 Å². The highest BCUT2D eigenvalue weighted by molar-refractivity contribution is 5.86. The van der Waals surface area contributed by atoms with Gasteiger partial charge in [-0.3, -0.25) is 4.99 Å². The van der Waals surface area contributed by atoms with E-state index in [1.54, 1.807) is 0 Å².